The molecule has 1 unspecified atom stereocenters. The molecule has 4 rings (SSSR count). The molecule has 2 aliphatic heterocycles. The van der Waals surface area contributed by atoms with Gasteiger partial charge in [0.15, 0.2) is 11.6 Å². The molecule has 0 aromatic heterocycles. The second-order valence-electron chi connectivity index (χ2n) is 7.43. The van der Waals surface area contributed by atoms with Gasteiger partial charge < -0.3 is 14.5 Å². The summed E-state index contributed by atoms with van der Waals surface area (Å²) in [7, 11) is 0. The van der Waals surface area contributed by atoms with Crippen molar-refractivity contribution in [1.29, 1.82) is 0 Å². The van der Waals surface area contributed by atoms with Gasteiger partial charge in [-0.05, 0) is 60.4 Å². The van der Waals surface area contributed by atoms with Crippen LogP contribution in [0.5, 0.6) is 0 Å². The number of benzene rings is 2. The molecule has 0 saturated carbocycles. The number of carbonyl (C=O) groups is 2. The van der Waals surface area contributed by atoms with E-state index in [1.165, 1.54) is 12.1 Å². The molecule has 156 valence electrons. The molecule has 2 amide bonds. The molecule has 1 fully saturated rings. The molecule has 2 aliphatic rings. The number of carbonyl (C=O) groups excluding carboxylic acids is 2. The number of rotatable bonds is 3. The molecule has 0 spiro atoms. The first-order valence-electron chi connectivity index (χ1n) is 9.90. The second-order valence-corrected chi connectivity index (χ2v) is 7.43. The normalized spacial score (nSPS) is 18.7. The van der Waals surface area contributed by atoms with Crippen molar-refractivity contribution >= 4 is 17.5 Å². The van der Waals surface area contributed by atoms with Gasteiger partial charge in [-0.3, -0.25) is 9.59 Å². The molecule has 7 heteroatoms. The third kappa shape index (κ3) is 3.85. The van der Waals surface area contributed by atoms with E-state index in [1.54, 1.807) is 21.9 Å². The minimum Gasteiger partial charge on any atom is -0.370 e. The minimum absolute atomic E-state index is 0.152. The minimum atomic E-state index is -0.937. The van der Waals surface area contributed by atoms with Crippen LogP contribution < -0.4 is 4.90 Å². The van der Waals surface area contributed by atoms with Crippen molar-refractivity contribution in [3.8, 4) is 0 Å². The Morgan fingerprint density at radius 2 is 1.93 bits per heavy atom. The third-order valence-corrected chi connectivity index (χ3v) is 5.55. The van der Waals surface area contributed by atoms with E-state index in [0.717, 1.165) is 36.2 Å². The number of morpholine rings is 1. The molecule has 0 radical (unpaired) electrons. The summed E-state index contributed by atoms with van der Waals surface area (Å²) in [5.74, 6) is -2.16. The van der Waals surface area contributed by atoms with Gasteiger partial charge >= 0.3 is 0 Å². The first kappa shape index (κ1) is 20.2. The predicted molar refractivity (Wildman–Crippen MR) is 108 cm³/mol. The Morgan fingerprint density at radius 1 is 1.10 bits per heavy atom. The van der Waals surface area contributed by atoms with Crippen molar-refractivity contribution in [3.05, 3.63) is 77.4 Å². The number of hydrogen-bond acceptors (Lipinski definition) is 3. The lowest BCUT2D eigenvalue weighted by atomic mass is 9.98. The molecule has 2 aromatic carbocycles. The summed E-state index contributed by atoms with van der Waals surface area (Å²) in [6.07, 6.45) is 2.38. The standard InChI is InChI=1S/C23H22F2N2O3/c1-2-22(28)27-9-3-4-15-12-17(6-8-20(15)27)23(29)26-10-11-30-21(14-26)16-5-7-18(24)19(25)13-16/h2,5-8,12-13,21H,1,3-4,9-11,14H2. The molecule has 1 atom stereocenters. The fourth-order valence-electron chi connectivity index (χ4n) is 4.00. The smallest absolute Gasteiger partial charge is 0.254 e. The van der Waals surface area contributed by atoms with Gasteiger partial charge in [-0.25, -0.2) is 8.78 Å². The van der Waals surface area contributed by atoms with Gasteiger partial charge in [-0.1, -0.05) is 12.6 Å². The van der Waals surface area contributed by atoms with Crippen LogP contribution in [0.25, 0.3) is 0 Å². The lowest BCUT2D eigenvalue weighted by molar-refractivity contribution is -0.114. The number of ether oxygens (including phenoxy) is 1. The van der Waals surface area contributed by atoms with Gasteiger partial charge in [0.25, 0.3) is 5.91 Å². The molecular weight excluding hydrogens is 390 g/mol. The average Bonchev–Trinajstić information content (AvgIpc) is 2.79. The highest BCUT2D eigenvalue weighted by Gasteiger charge is 2.28. The van der Waals surface area contributed by atoms with E-state index < -0.39 is 17.7 Å². The fraction of sp³-hybridized carbons (Fsp3) is 0.304. The summed E-state index contributed by atoms with van der Waals surface area (Å²) >= 11 is 0. The number of hydrogen-bond donors (Lipinski definition) is 0. The number of nitrogens with zero attached hydrogens (tertiary/aromatic N) is 2. The lowest BCUT2D eigenvalue weighted by Gasteiger charge is -2.34. The van der Waals surface area contributed by atoms with E-state index >= 15 is 0 Å². The van der Waals surface area contributed by atoms with E-state index in [9.17, 15) is 18.4 Å². The Kier molecular flexibility index (Phi) is 5.63. The van der Waals surface area contributed by atoms with Crippen molar-refractivity contribution in [2.24, 2.45) is 0 Å². The first-order chi connectivity index (χ1) is 14.5. The van der Waals surface area contributed by atoms with Crippen molar-refractivity contribution in [1.82, 2.24) is 4.90 Å². The molecule has 30 heavy (non-hydrogen) atoms. The van der Waals surface area contributed by atoms with Crippen LogP contribution in [0.15, 0.2) is 49.1 Å². The number of anilines is 1. The van der Waals surface area contributed by atoms with Gasteiger partial charge in [-0.2, -0.15) is 0 Å². The molecule has 2 aromatic rings. The summed E-state index contributed by atoms with van der Waals surface area (Å²) in [5.41, 5.74) is 2.79. The van der Waals surface area contributed by atoms with Crippen LogP contribution >= 0.6 is 0 Å². The summed E-state index contributed by atoms with van der Waals surface area (Å²) in [6, 6.07) is 9.00. The van der Waals surface area contributed by atoms with Gasteiger partial charge in [0.1, 0.15) is 6.10 Å². The molecule has 0 bridgehead atoms. The summed E-state index contributed by atoms with van der Waals surface area (Å²) < 4.78 is 32.5. The third-order valence-electron chi connectivity index (χ3n) is 5.55. The maximum Gasteiger partial charge on any atom is 0.254 e. The highest BCUT2D eigenvalue weighted by atomic mass is 19.2. The average molecular weight is 412 g/mol. The van der Waals surface area contributed by atoms with Gasteiger partial charge in [0.05, 0.1) is 13.2 Å². The Balaban J connectivity index is 1.53. The summed E-state index contributed by atoms with van der Waals surface area (Å²) in [4.78, 5) is 28.5. The van der Waals surface area contributed by atoms with Gasteiger partial charge in [-0.15, -0.1) is 0 Å². The highest BCUT2D eigenvalue weighted by Crippen LogP contribution is 2.30. The van der Waals surface area contributed by atoms with Gasteiger partial charge in [0.2, 0.25) is 5.91 Å². The predicted octanol–water partition coefficient (Wildman–Crippen LogP) is 3.64. The zero-order chi connectivity index (χ0) is 21.3. The van der Waals surface area contributed by atoms with Crippen LogP contribution in [0.1, 0.15) is 34.0 Å². The zero-order valence-corrected chi connectivity index (χ0v) is 16.4. The van der Waals surface area contributed by atoms with Crippen LogP contribution in [0.3, 0.4) is 0 Å². The maximum absolute atomic E-state index is 13.6. The number of aryl methyl sites for hydroxylation is 1. The van der Waals surface area contributed by atoms with Crippen LogP contribution in [0.4, 0.5) is 14.5 Å². The number of fused-ring (bicyclic) bond motifs is 1. The maximum atomic E-state index is 13.6. The van der Waals surface area contributed by atoms with Crippen molar-refractivity contribution in [2.75, 3.05) is 31.1 Å². The molecule has 1 saturated heterocycles. The van der Waals surface area contributed by atoms with E-state index in [-0.39, 0.29) is 18.4 Å². The molecular formula is C23H22F2N2O3. The van der Waals surface area contributed by atoms with E-state index in [2.05, 4.69) is 6.58 Å². The first-order valence-corrected chi connectivity index (χ1v) is 9.90. The van der Waals surface area contributed by atoms with E-state index in [0.29, 0.717) is 30.8 Å². The molecule has 0 aliphatic carbocycles. The Labute approximate surface area is 173 Å². The van der Waals surface area contributed by atoms with Crippen LogP contribution in [-0.2, 0) is 16.0 Å². The monoisotopic (exact) mass is 412 g/mol. The number of halogens is 2. The van der Waals surface area contributed by atoms with Gasteiger partial charge in [0, 0.05) is 24.3 Å². The molecule has 5 nitrogen and oxygen atoms in total. The Morgan fingerprint density at radius 3 is 2.70 bits per heavy atom. The van der Waals surface area contributed by atoms with E-state index in [1.807, 2.05) is 6.07 Å². The van der Waals surface area contributed by atoms with E-state index in [4.69, 9.17) is 4.74 Å². The Bertz CT molecular complexity index is 1010. The zero-order valence-electron chi connectivity index (χ0n) is 16.4. The summed E-state index contributed by atoms with van der Waals surface area (Å²) in [5, 5.41) is 0. The topological polar surface area (TPSA) is 49.9 Å². The molecule has 0 N–H and O–H groups in total. The van der Waals surface area contributed by atoms with Crippen molar-refractivity contribution < 1.29 is 23.1 Å². The van der Waals surface area contributed by atoms with Crippen LogP contribution in [0, 0.1) is 11.6 Å². The lowest BCUT2D eigenvalue weighted by Crippen LogP contribution is -2.42. The number of amides is 2. The van der Waals surface area contributed by atoms with Crippen molar-refractivity contribution in [2.45, 2.75) is 18.9 Å². The van der Waals surface area contributed by atoms with Crippen molar-refractivity contribution in [3.63, 3.8) is 0 Å². The quantitative estimate of drug-likeness (QED) is 0.724. The summed E-state index contributed by atoms with van der Waals surface area (Å²) in [6.45, 7) is 5.15. The van der Waals surface area contributed by atoms with Crippen LogP contribution in [-0.4, -0.2) is 43.0 Å². The largest absolute Gasteiger partial charge is 0.370 e. The molecule has 2 heterocycles. The van der Waals surface area contributed by atoms with Crippen LogP contribution in [0.2, 0.25) is 0 Å². The Hall–Kier alpha value is -3.06. The SMILES string of the molecule is C=CC(=O)N1CCCc2cc(C(=O)N3CCOC(c4ccc(F)c(F)c4)C3)ccc21. The second kappa shape index (κ2) is 8.36. The highest BCUT2D eigenvalue weighted by molar-refractivity contribution is 6.02. The fourth-order valence-corrected chi connectivity index (χ4v) is 4.00.